The van der Waals surface area contributed by atoms with Crippen LogP contribution in [0.25, 0.3) is 0 Å². The summed E-state index contributed by atoms with van der Waals surface area (Å²) in [7, 11) is 0. The van der Waals surface area contributed by atoms with Gasteiger partial charge in [-0.15, -0.1) is 0 Å². The molecule has 0 amide bonds. The highest BCUT2D eigenvalue weighted by atomic mass is 16.5. The molecule has 1 aromatic carbocycles. The Hall–Kier alpha value is -1.42. The monoisotopic (exact) mass is 253 g/mol. The largest absolute Gasteiger partial charge is 0.491 e. The molecule has 1 rings (SSSR count). The van der Waals surface area contributed by atoms with Gasteiger partial charge in [-0.2, -0.15) is 0 Å². The van der Waals surface area contributed by atoms with Crippen LogP contribution in [-0.2, 0) is 4.74 Å². The summed E-state index contributed by atoms with van der Waals surface area (Å²) >= 11 is 0. The third kappa shape index (κ3) is 5.27. The second-order valence-corrected chi connectivity index (χ2v) is 4.33. The van der Waals surface area contributed by atoms with Crippen molar-refractivity contribution in [3.05, 3.63) is 18.2 Å². The number of ether oxygens (including phenoxy) is 3. The quantitative estimate of drug-likeness (QED) is 0.571. The van der Waals surface area contributed by atoms with E-state index in [1.165, 1.54) is 0 Å². The van der Waals surface area contributed by atoms with Crippen molar-refractivity contribution >= 4 is 5.69 Å². The molecule has 1 aromatic rings. The van der Waals surface area contributed by atoms with Gasteiger partial charge < -0.3 is 19.9 Å². The summed E-state index contributed by atoms with van der Waals surface area (Å²) in [6.45, 7) is 7.91. The molecule has 0 aliphatic rings. The first-order valence-electron chi connectivity index (χ1n) is 6.40. The summed E-state index contributed by atoms with van der Waals surface area (Å²) in [6.07, 6.45) is 1.12. The van der Waals surface area contributed by atoms with Crippen molar-refractivity contribution in [2.24, 2.45) is 0 Å². The summed E-state index contributed by atoms with van der Waals surface area (Å²) in [5.41, 5.74) is 6.45. The van der Waals surface area contributed by atoms with Gasteiger partial charge in [0.15, 0.2) is 0 Å². The number of nitrogen functional groups attached to an aromatic ring is 1. The molecule has 0 aliphatic carbocycles. The lowest BCUT2D eigenvalue weighted by Crippen LogP contribution is -2.09. The van der Waals surface area contributed by atoms with E-state index >= 15 is 0 Å². The first-order chi connectivity index (χ1) is 8.63. The van der Waals surface area contributed by atoms with Gasteiger partial charge in [0.1, 0.15) is 18.1 Å². The van der Waals surface area contributed by atoms with Crippen molar-refractivity contribution in [2.75, 3.05) is 25.6 Å². The average molecular weight is 253 g/mol. The summed E-state index contributed by atoms with van der Waals surface area (Å²) in [5.74, 6) is 1.41. The summed E-state index contributed by atoms with van der Waals surface area (Å²) in [6, 6.07) is 5.44. The zero-order valence-electron chi connectivity index (χ0n) is 11.4. The van der Waals surface area contributed by atoms with E-state index in [2.05, 4.69) is 6.92 Å². The number of rotatable bonds is 8. The van der Waals surface area contributed by atoms with Crippen LogP contribution in [0.4, 0.5) is 5.69 Å². The van der Waals surface area contributed by atoms with E-state index in [1.807, 2.05) is 26.0 Å². The Balaban J connectivity index is 2.46. The topological polar surface area (TPSA) is 53.7 Å². The van der Waals surface area contributed by atoms with E-state index < -0.39 is 0 Å². The second-order valence-electron chi connectivity index (χ2n) is 4.33. The zero-order chi connectivity index (χ0) is 13.4. The number of benzene rings is 1. The van der Waals surface area contributed by atoms with E-state index in [9.17, 15) is 0 Å². The smallest absolute Gasteiger partial charge is 0.146 e. The van der Waals surface area contributed by atoms with Crippen molar-refractivity contribution in [1.82, 2.24) is 0 Å². The number of anilines is 1. The van der Waals surface area contributed by atoms with Gasteiger partial charge in [-0.1, -0.05) is 6.92 Å². The first-order valence-corrected chi connectivity index (χ1v) is 6.40. The maximum Gasteiger partial charge on any atom is 0.146 e. The van der Waals surface area contributed by atoms with Crippen LogP contribution in [0.3, 0.4) is 0 Å². The van der Waals surface area contributed by atoms with E-state index in [1.54, 1.807) is 6.07 Å². The standard InChI is InChI=1S/C14H23NO3/c1-4-7-16-8-9-17-12-5-6-13(15)14(10-12)18-11(2)3/h5-6,10-11H,4,7-9,15H2,1-3H3. The molecule has 0 aromatic heterocycles. The van der Waals surface area contributed by atoms with Gasteiger partial charge in [0.2, 0.25) is 0 Å². The molecule has 0 spiro atoms. The Morgan fingerprint density at radius 2 is 1.94 bits per heavy atom. The highest BCUT2D eigenvalue weighted by Crippen LogP contribution is 2.27. The molecule has 2 N–H and O–H groups in total. The maximum absolute atomic E-state index is 5.83. The first kappa shape index (κ1) is 14.6. The predicted molar refractivity (Wildman–Crippen MR) is 73.2 cm³/mol. The highest BCUT2D eigenvalue weighted by Gasteiger charge is 2.05. The van der Waals surface area contributed by atoms with Crippen LogP contribution in [0.5, 0.6) is 11.5 Å². The van der Waals surface area contributed by atoms with Gasteiger partial charge >= 0.3 is 0 Å². The van der Waals surface area contributed by atoms with E-state index in [0.717, 1.165) is 18.8 Å². The lowest BCUT2D eigenvalue weighted by Gasteiger charge is -2.14. The normalized spacial score (nSPS) is 10.7. The molecule has 102 valence electrons. The Kier molecular flexibility index (Phi) is 6.36. The van der Waals surface area contributed by atoms with Gasteiger partial charge in [0.05, 0.1) is 18.4 Å². The van der Waals surface area contributed by atoms with Gasteiger partial charge in [-0.25, -0.2) is 0 Å². The van der Waals surface area contributed by atoms with Crippen molar-refractivity contribution in [3.63, 3.8) is 0 Å². The minimum absolute atomic E-state index is 0.0930. The lowest BCUT2D eigenvalue weighted by atomic mass is 10.3. The van der Waals surface area contributed by atoms with E-state index in [0.29, 0.717) is 24.7 Å². The molecule has 0 radical (unpaired) electrons. The average Bonchev–Trinajstić information content (AvgIpc) is 2.32. The molecule has 0 unspecified atom stereocenters. The van der Waals surface area contributed by atoms with Gasteiger partial charge in [-0.05, 0) is 32.4 Å². The molecule has 4 nitrogen and oxygen atoms in total. The Morgan fingerprint density at radius 3 is 2.61 bits per heavy atom. The minimum Gasteiger partial charge on any atom is -0.491 e. The molecule has 18 heavy (non-hydrogen) atoms. The Bertz CT molecular complexity index is 353. The summed E-state index contributed by atoms with van der Waals surface area (Å²) < 4.78 is 16.5. The SMILES string of the molecule is CCCOCCOc1ccc(N)c(OC(C)C)c1. The Morgan fingerprint density at radius 1 is 1.17 bits per heavy atom. The molecule has 0 fully saturated rings. The maximum atomic E-state index is 5.83. The second kappa shape index (κ2) is 7.82. The molecule has 0 saturated carbocycles. The predicted octanol–water partition coefficient (Wildman–Crippen LogP) is 2.86. The number of nitrogens with two attached hydrogens (primary N) is 1. The molecular weight excluding hydrogens is 230 g/mol. The number of hydrogen-bond donors (Lipinski definition) is 1. The van der Waals surface area contributed by atoms with Crippen LogP contribution in [0.15, 0.2) is 18.2 Å². The zero-order valence-corrected chi connectivity index (χ0v) is 11.4. The highest BCUT2D eigenvalue weighted by molar-refractivity contribution is 5.55. The van der Waals surface area contributed by atoms with Gasteiger partial charge in [-0.3, -0.25) is 0 Å². The fourth-order valence-corrected chi connectivity index (χ4v) is 1.43. The van der Waals surface area contributed by atoms with Crippen LogP contribution in [0, 0.1) is 0 Å². The molecule has 0 aliphatic heterocycles. The van der Waals surface area contributed by atoms with E-state index in [4.69, 9.17) is 19.9 Å². The van der Waals surface area contributed by atoms with Crippen LogP contribution in [-0.4, -0.2) is 25.9 Å². The third-order valence-electron chi connectivity index (χ3n) is 2.19. The van der Waals surface area contributed by atoms with E-state index in [-0.39, 0.29) is 6.10 Å². The molecule has 0 bridgehead atoms. The van der Waals surface area contributed by atoms with Crippen molar-refractivity contribution in [1.29, 1.82) is 0 Å². The number of hydrogen-bond acceptors (Lipinski definition) is 4. The fraction of sp³-hybridized carbons (Fsp3) is 0.571. The molecule has 0 atom stereocenters. The molecule has 4 heteroatoms. The van der Waals surface area contributed by atoms with Crippen molar-refractivity contribution < 1.29 is 14.2 Å². The van der Waals surface area contributed by atoms with Crippen LogP contribution < -0.4 is 15.2 Å². The molecule has 0 heterocycles. The van der Waals surface area contributed by atoms with Gasteiger partial charge in [0, 0.05) is 12.7 Å². The van der Waals surface area contributed by atoms with Crippen LogP contribution in [0.2, 0.25) is 0 Å². The Labute approximate surface area is 109 Å². The summed E-state index contributed by atoms with van der Waals surface area (Å²) in [4.78, 5) is 0. The van der Waals surface area contributed by atoms with Crippen LogP contribution in [0.1, 0.15) is 27.2 Å². The van der Waals surface area contributed by atoms with Crippen molar-refractivity contribution in [3.8, 4) is 11.5 Å². The fourth-order valence-electron chi connectivity index (χ4n) is 1.43. The van der Waals surface area contributed by atoms with Crippen molar-refractivity contribution in [2.45, 2.75) is 33.3 Å². The summed E-state index contributed by atoms with van der Waals surface area (Å²) in [5, 5.41) is 0. The molecule has 0 saturated heterocycles. The van der Waals surface area contributed by atoms with Gasteiger partial charge in [0.25, 0.3) is 0 Å². The minimum atomic E-state index is 0.0930. The lowest BCUT2D eigenvalue weighted by molar-refractivity contribution is 0.100. The van der Waals surface area contributed by atoms with Crippen LogP contribution >= 0.6 is 0 Å². The third-order valence-corrected chi connectivity index (χ3v) is 2.19. The molecular formula is C14H23NO3.